The van der Waals surface area contributed by atoms with Crippen LogP contribution in [0.1, 0.15) is 0 Å². The molecule has 0 aliphatic carbocycles. The van der Waals surface area contributed by atoms with E-state index < -0.39 is 10.0 Å². The molecule has 1 aromatic heterocycles. The summed E-state index contributed by atoms with van der Waals surface area (Å²) in [4.78, 5) is 7.83. The molecule has 1 aromatic carbocycles. The van der Waals surface area contributed by atoms with Gasteiger partial charge in [-0.1, -0.05) is 18.2 Å². The molecule has 0 aliphatic heterocycles. The highest BCUT2D eigenvalue weighted by atomic mass is 32.2. The molecule has 0 atom stereocenters. The fourth-order valence-corrected chi connectivity index (χ4v) is 2.58. The van der Waals surface area contributed by atoms with Gasteiger partial charge in [0, 0.05) is 0 Å². The normalized spacial score (nSPS) is 10.9. The van der Waals surface area contributed by atoms with Gasteiger partial charge in [0.2, 0.25) is 5.75 Å². The maximum atomic E-state index is 12.2. The Hall–Kier alpha value is -2.35. The van der Waals surface area contributed by atoms with Gasteiger partial charge < -0.3 is 9.47 Å². The zero-order chi connectivity index (χ0) is 14.6. The largest absolute Gasteiger partial charge is 0.489 e. The van der Waals surface area contributed by atoms with Gasteiger partial charge in [0.05, 0.1) is 19.1 Å². The monoisotopic (exact) mass is 295 g/mol. The average Bonchev–Trinajstić information content (AvgIpc) is 2.47. The van der Waals surface area contributed by atoms with Crippen LogP contribution >= 0.6 is 0 Å². The van der Waals surface area contributed by atoms with Crippen LogP contribution in [0.5, 0.6) is 11.6 Å². The summed E-state index contributed by atoms with van der Waals surface area (Å²) in [6.45, 7) is 0. The van der Waals surface area contributed by atoms with Crippen LogP contribution in [0.15, 0.2) is 41.6 Å². The second-order valence-electron chi connectivity index (χ2n) is 3.68. The lowest BCUT2D eigenvalue weighted by atomic mass is 10.4. The third-order valence-corrected chi connectivity index (χ3v) is 3.81. The Morgan fingerprint density at radius 2 is 1.75 bits per heavy atom. The predicted octanol–water partition coefficient (Wildman–Crippen LogP) is 1.29. The summed E-state index contributed by atoms with van der Waals surface area (Å²) in [5.74, 6) is 0.283. The molecule has 8 heteroatoms. The molecule has 20 heavy (non-hydrogen) atoms. The zero-order valence-corrected chi connectivity index (χ0v) is 11.7. The van der Waals surface area contributed by atoms with Crippen LogP contribution in [0.4, 0.5) is 5.82 Å². The van der Waals surface area contributed by atoms with Gasteiger partial charge in [0.1, 0.15) is 6.33 Å². The van der Waals surface area contributed by atoms with Gasteiger partial charge in [0.25, 0.3) is 15.9 Å². The first-order valence-electron chi connectivity index (χ1n) is 5.59. The molecule has 1 heterocycles. The minimum Gasteiger partial charge on any atom is -0.489 e. The number of nitrogens with one attached hydrogen (secondary N) is 1. The van der Waals surface area contributed by atoms with Crippen LogP contribution in [-0.4, -0.2) is 32.6 Å². The van der Waals surface area contributed by atoms with Crippen molar-refractivity contribution < 1.29 is 17.9 Å². The number of rotatable bonds is 5. The van der Waals surface area contributed by atoms with Crippen molar-refractivity contribution in [3.05, 3.63) is 36.7 Å². The molecule has 7 nitrogen and oxygen atoms in total. The molecule has 2 rings (SSSR count). The zero-order valence-electron chi connectivity index (χ0n) is 10.9. The highest BCUT2D eigenvalue weighted by molar-refractivity contribution is 7.92. The van der Waals surface area contributed by atoms with E-state index in [2.05, 4.69) is 14.7 Å². The average molecular weight is 295 g/mol. The highest BCUT2D eigenvalue weighted by Crippen LogP contribution is 2.31. The number of anilines is 1. The number of aromatic nitrogens is 2. The van der Waals surface area contributed by atoms with E-state index in [4.69, 9.17) is 9.47 Å². The minimum atomic E-state index is -3.75. The third kappa shape index (κ3) is 2.80. The number of methoxy groups -OCH3 is 2. The number of ether oxygens (including phenoxy) is 2. The SMILES string of the molecule is COc1ncnc(NS(=O)(=O)c2ccccc2)c1OC. The highest BCUT2D eigenvalue weighted by Gasteiger charge is 2.20. The number of nitrogens with zero attached hydrogens (tertiary/aromatic N) is 2. The van der Waals surface area contributed by atoms with E-state index in [1.807, 2.05) is 0 Å². The van der Waals surface area contributed by atoms with E-state index in [0.717, 1.165) is 0 Å². The van der Waals surface area contributed by atoms with Crippen molar-refractivity contribution in [2.45, 2.75) is 4.90 Å². The Morgan fingerprint density at radius 1 is 1.05 bits per heavy atom. The molecule has 0 aliphatic rings. The minimum absolute atomic E-state index is 0.0169. The van der Waals surface area contributed by atoms with Gasteiger partial charge in [-0.2, -0.15) is 4.98 Å². The molecular formula is C12H13N3O4S. The molecule has 0 unspecified atom stereocenters. The molecule has 2 aromatic rings. The number of benzene rings is 1. The van der Waals surface area contributed by atoms with Crippen molar-refractivity contribution in [3.8, 4) is 11.6 Å². The Labute approximate surface area is 116 Å². The summed E-state index contributed by atoms with van der Waals surface area (Å²) in [5.41, 5.74) is 0. The Kier molecular flexibility index (Phi) is 4.04. The smallest absolute Gasteiger partial charge is 0.263 e. The van der Waals surface area contributed by atoms with Crippen molar-refractivity contribution in [2.75, 3.05) is 18.9 Å². The van der Waals surface area contributed by atoms with Crippen molar-refractivity contribution in [1.29, 1.82) is 0 Å². The molecule has 0 amide bonds. The van der Waals surface area contributed by atoms with E-state index in [1.54, 1.807) is 18.2 Å². The molecule has 0 bridgehead atoms. The molecular weight excluding hydrogens is 282 g/mol. The first-order valence-corrected chi connectivity index (χ1v) is 7.07. The summed E-state index contributed by atoms with van der Waals surface area (Å²) in [7, 11) is -0.967. The van der Waals surface area contributed by atoms with Crippen molar-refractivity contribution in [1.82, 2.24) is 9.97 Å². The van der Waals surface area contributed by atoms with Crippen LogP contribution in [-0.2, 0) is 10.0 Å². The standard InChI is InChI=1S/C12H13N3O4S/c1-18-10-11(13-8-14-12(10)19-2)15-20(16,17)9-6-4-3-5-7-9/h3-8H,1-2H3,(H,13,14,15). The molecule has 0 spiro atoms. The maximum absolute atomic E-state index is 12.2. The third-order valence-electron chi connectivity index (χ3n) is 2.45. The Morgan fingerprint density at radius 3 is 2.35 bits per heavy atom. The van der Waals surface area contributed by atoms with Gasteiger partial charge in [-0.15, -0.1) is 0 Å². The van der Waals surface area contributed by atoms with Crippen LogP contribution in [0.3, 0.4) is 0 Å². The summed E-state index contributed by atoms with van der Waals surface area (Å²) in [6, 6.07) is 7.95. The second kappa shape index (κ2) is 5.74. The fourth-order valence-electron chi connectivity index (χ4n) is 1.55. The lowest BCUT2D eigenvalue weighted by Gasteiger charge is -2.12. The van der Waals surface area contributed by atoms with E-state index in [0.29, 0.717) is 0 Å². The fraction of sp³-hybridized carbons (Fsp3) is 0.167. The van der Waals surface area contributed by atoms with Gasteiger partial charge in [-0.05, 0) is 12.1 Å². The first-order chi connectivity index (χ1) is 9.58. The topological polar surface area (TPSA) is 90.4 Å². The van der Waals surface area contributed by atoms with Gasteiger partial charge in [-0.25, -0.2) is 13.4 Å². The summed E-state index contributed by atoms with van der Waals surface area (Å²) in [6.07, 6.45) is 1.18. The van der Waals surface area contributed by atoms with E-state index in [-0.39, 0.29) is 22.3 Å². The summed E-state index contributed by atoms with van der Waals surface area (Å²) < 4.78 is 36.8. The molecule has 0 radical (unpaired) electrons. The molecule has 0 fully saturated rings. The molecule has 1 N–H and O–H groups in total. The quantitative estimate of drug-likeness (QED) is 0.894. The lowest BCUT2D eigenvalue weighted by molar-refractivity contribution is 0.342. The number of hydrogen-bond acceptors (Lipinski definition) is 6. The van der Waals surface area contributed by atoms with E-state index in [9.17, 15) is 8.42 Å². The summed E-state index contributed by atoms with van der Waals surface area (Å²) >= 11 is 0. The van der Waals surface area contributed by atoms with Gasteiger partial charge in [-0.3, -0.25) is 4.72 Å². The Bertz CT molecular complexity index is 689. The lowest BCUT2D eigenvalue weighted by Crippen LogP contribution is -2.15. The van der Waals surface area contributed by atoms with Gasteiger partial charge >= 0.3 is 0 Å². The van der Waals surface area contributed by atoms with E-state index >= 15 is 0 Å². The van der Waals surface area contributed by atoms with Crippen molar-refractivity contribution in [3.63, 3.8) is 0 Å². The van der Waals surface area contributed by atoms with Crippen LogP contribution < -0.4 is 14.2 Å². The van der Waals surface area contributed by atoms with Crippen molar-refractivity contribution in [2.24, 2.45) is 0 Å². The number of hydrogen-bond donors (Lipinski definition) is 1. The number of sulfonamides is 1. The second-order valence-corrected chi connectivity index (χ2v) is 5.37. The Balaban J connectivity index is 2.40. The maximum Gasteiger partial charge on any atom is 0.263 e. The van der Waals surface area contributed by atoms with Crippen molar-refractivity contribution >= 4 is 15.8 Å². The molecule has 0 saturated heterocycles. The van der Waals surface area contributed by atoms with Gasteiger partial charge in [0.15, 0.2) is 5.82 Å². The van der Waals surface area contributed by atoms with Crippen LogP contribution in [0, 0.1) is 0 Å². The van der Waals surface area contributed by atoms with Crippen LogP contribution in [0.25, 0.3) is 0 Å². The predicted molar refractivity (Wildman–Crippen MR) is 72.4 cm³/mol. The molecule has 0 saturated carbocycles. The van der Waals surface area contributed by atoms with Crippen LogP contribution in [0.2, 0.25) is 0 Å². The first kappa shape index (κ1) is 14.1. The molecule has 106 valence electrons. The summed E-state index contributed by atoms with van der Waals surface area (Å²) in [5, 5.41) is 0. The van der Waals surface area contributed by atoms with E-state index in [1.165, 1.54) is 32.7 Å².